The molecular weight excluding hydrogens is 292 g/mol. The lowest BCUT2D eigenvalue weighted by molar-refractivity contribution is 0.0378. The van der Waals surface area contributed by atoms with Crippen molar-refractivity contribution in [1.29, 1.82) is 0 Å². The number of halogens is 1. The van der Waals surface area contributed by atoms with E-state index in [0.29, 0.717) is 11.4 Å². The molecule has 6 nitrogen and oxygen atoms in total. The van der Waals surface area contributed by atoms with Crippen LogP contribution in [-0.4, -0.2) is 22.0 Å². The van der Waals surface area contributed by atoms with Crippen LogP contribution in [0.15, 0.2) is 30.5 Å². The van der Waals surface area contributed by atoms with Crippen molar-refractivity contribution in [2.24, 2.45) is 0 Å². The molecule has 7 heteroatoms. The number of hydrogen-bond acceptors (Lipinski definition) is 6. The van der Waals surface area contributed by atoms with Gasteiger partial charge in [0.2, 0.25) is 5.28 Å². The number of carbonyl (C=O) groups is 1. The van der Waals surface area contributed by atoms with E-state index in [2.05, 4.69) is 15.3 Å². The first-order chi connectivity index (χ1) is 9.97. The van der Waals surface area contributed by atoms with Gasteiger partial charge in [-0.3, -0.25) is 0 Å². The van der Waals surface area contributed by atoms with E-state index in [1.807, 2.05) is 6.07 Å². The fourth-order valence-corrected chi connectivity index (χ4v) is 1.75. The number of rotatable bonds is 4. The Morgan fingerprint density at radius 2 is 2.10 bits per heavy atom. The molecule has 0 spiro atoms. The van der Waals surface area contributed by atoms with Gasteiger partial charge in [0, 0.05) is 6.20 Å². The van der Waals surface area contributed by atoms with Gasteiger partial charge in [0.1, 0.15) is 11.4 Å². The summed E-state index contributed by atoms with van der Waals surface area (Å²) in [6.45, 7) is 3.52. The van der Waals surface area contributed by atoms with Gasteiger partial charge in [0.15, 0.2) is 0 Å². The quantitative estimate of drug-likeness (QED) is 0.512. The van der Waals surface area contributed by atoms with Crippen molar-refractivity contribution in [1.82, 2.24) is 9.97 Å². The summed E-state index contributed by atoms with van der Waals surface area (Å²) < 4.78 is 5.15. The molecule has 0 bridgehead atoms. The van der Waals surface area contributed by atoms with Gasteiger partial charge in [-0.15, -0.1) is 0 Å². The maximum absolute atomic E-state index is 12.0. The molecule has 0 radical (unpaired) electrons. The Balaban J connectivity index is 2.36. The molecule has 21 heavy (non-hydrogen) atoms. The van der Waals surface area contributed by atoms with Crippen LogP contribution in [0.2, 0.25) is 5.28 Å². The highest BCUT2D eigenvalue weighted by Gasteiger charge is 2.17. The molecule has 0 saturated heterocycles. The summed E-state index contributed by atoms with van der Waals surface area (Å²) in [6.07, 6.45) is 1.07. The monoisotopic (exact) mass is 306 g/mol. The summed E-state index contributed by atoms with van der Waals surface area (Å²) in [6, 6.07) is 7.12. The Bertz CT molecular complexity index is 661. The van der Waals surface area contributed by atoms with Crippen LogP contribution in [0.5, 0.6) is 0 Å². The largest absolute Gasteiger partial charge is 0.459 e. The van der Waals surface area contributed by atoms with E-state index in [1.165, 1.54) is 6.20 Å². The standard InChI is InChI=1S/C14H15ClN4O2/c1-8(2)21-13(20)9-7-17-14(15)19-12(9)18-11-6-4-3-5-10(11)16/h3-8H,16H2,1-2H3,(H,17,18,19). The number of nitrogens with zero attached hydrogens (tertiary/aromatic N) is 2. The average molecular weight is 307 g/mol. The summed E-state index contributed by atoms with van der Waals surface area (Å²) >= 11 is 5.79. The molecule has 2 rings (SSSR count). The topological polar surface area (TPSA) is 90.1 Å². The first kappa shape index (κ1) is 15.1. The Morgan fingerprint density at radius 3 is 2.76 bits per heavy atom. The minimum atomic E-state index is -0.529. The fourth-order valence-electron chi connectivity index (χ4n) is 1.62. The molecular formula is C14H15ClN4O2. The number of para-hydroxylation sites is 2. The minimum Gasteiger partial charge on any atom is -0.459 e. The van der Waals surface area contributed by atoms with Crippen LogP contribution >= 0.6 is 11.6 Å². The Labute approximate surface area is 127 Å². The van der Waals surface area contributed by atoms with Gasteiger partial charge in [-0.25, -0.2) is 9.78 Å². The average Bonchev–Trinajstić information content (AvgIpc) is 2.40. The second kappa shape index (κ2) is 6.41. The molecule has 0 saturated carbocycles. The number of carbonyl (C=O) groups excluding carboxylic acids is 1. The number of hydrogen-bond donors (Lipinski definition) is 2. The predicted molar refractivity (Wildman–Crippen MR) is 81.7 cm³/mol. The number of nitrogens with one attached hydrogen (secondary N) is 1. The summed E-state index contributed by atoms with van der Waals surface area (Å²) in [5.41, 5.74) is 7.19. The van der Waals surface area contributed by atoms with Crippen molar-refractivity contribution >= 4 is 34.8 Å². The number of esters is 1. The van der Waals surface area contributed by atoms with Gasteiger partial charge in [-0.1, -0.05) is 12.1 Å². The lowest BCUT2D eigenvalue weighted by Crippen LogP contribution is -2.15. The van der Waals surface area contributed by atoms with E-state index < -0.39 is 5.97 Å². The Morgan fingerprint density at radius 1 is 1.38 bits per heavy atom. The molecule has 0 fully saturated rings. The zero-order chi connectivity index (χ0) is 15.4. The maximum Gasteiger partial charge on any atom is 0.343 e. The fraction of sp³-hybridized carbons (Fsp3) is 0.214. The van der Waals surface area contributed by atoms with E-state index in [1.54, 1.807) is 32.0 Å². The van der Waals surface area contributed by atoms with Gasteiger partial charge >= 0.3 is 5.97 Å². The van der Waals surface area contributed by atoms with Crippen LogP contribution < -0.4 is 11.1 Å². The number of ether oxygens (including phenoxy) is 1. The van der Waals surface area contributed by atoms with E-state index >= 15 is 0 Å². The Hall–Kier alpha value is -2.34. The third-order valence-electron chi connectivity index (χ3n) is 2.54. The third-order valence-corrected chi connectivity index (χ3v) is 2.72. The number of anilines is 3. The minimum absolute atomic E-state index is 0.0214. The van der Waals surface area contributed by atoms with E-state index in [4.69, 9.17) is 22.1 Å². The SMILES string of the molecule is CC(C)OC(=O)c1cnc(Cl)nc1Nc1ccccc1N. The molecule has 0 aliphatic carbocycles. The first-order valence-electron chi connectivity index (χ1n) is 6.32. The van der Waals surface area contributed by atoms with Crippen LogP contribution in [0.1, 0.15) is 24.2 Å². The van der Waals surface area contributed by atoms with Gasteiger partial charge < -0.3 is 15.8 Å². The number of nitrogen functional groups attached to an aromatic ring is 1. The predicted octanol–water partition coefficient (Wildman–Crippen LogP) is 3.02. The van der Waals surface area contributed by atoms with Gasteiger partial charge in [0.05, 0.1) is 17.5 Å². The van der Waals surface area contributed by atoms with E-state index in [0.717, 1.165) is 0 Å². The molecule has 0 unspecified atom stereocenters. The highest BCUT2D eigenvalue weighted by molar-refractivity contribution is 6.28. The van der Waals surface area contributed by atoms with Crippen molar-refractivity contribution < 1.29 is 9.53 Å². The van der Waals surface area contributed by atoms with Crippen molar-refractivity contribution in [2.45, 2.75) is 20.0 Å². The summed E-state index contributed by atoms with van der Waals surface area (Å²) in [5, 5.41) is 3.00. The lowest BCUT2D eigenvalue weighted by Gasteiger charge is -2.13. The number of nitrogens with two attached hydrogens (primary N) is 1. The van der Waals surface area contributed by atoms with Gasteiger partial charge in [0.25, 0.3) is 0 Å². The second-order valence-corrected chi connectivity index (χ2v) is 4.91. The zero-order valence-corrected chi connectivity index (χ0v) is 12.4. The van der Waals surface area contributed by atoms with Crippen LogP contribution in [0.25, 0.3) is 0 Å². The van der Waals surface area contributed by atoms with Crippen molar-refractivity contribution in [3.8, 4) is 0 Å². The van der Waals surface area contributed by atoms with Gasteiger partial charge in [-0.05, 0) is 37.6 Å². The van der Waals surface area contributed by atoms with Crippen molar-refractivity contribution in [3.63, 3.8) is 0 Å². The summed E-state index contributed by atoms with van der Waals surface area (Å²) in [5.74, 6) is -0.280. The van der Waals surface area contributed by atoms with Crippen LogP contribution in [0.3, 0.4) is 0 Å². The summed E-state index contributed by atoms with van der Waals surface area (Å²) in [4.78, 5) is 19.9. The highest BCUT2D eigenvalue weighted by atomic mass is 35.5. The number of aromatic nitrogens is 2. The smallest absolute Gasteiger partial charge is 0.343 e. The molecule has 0 amide bonds. The zero-order valence-electron chi connectivity index (χ0n) is 11.6. The van der Waals surface area contributed by atoms with Crippen molar-refractivity contribution in [2.75, 3.05) is 11.1 Å². The van der Waals surface area contributed by atoms with E-state index in [9.17, 15) is 4.79 Å². The molecule has 1 aromatic heterocycles. The van der Waals surface area contributed by atoms with Crippen LogP contribution in [0.4, 0.5) is 17.2 Å². The third kappa shape index (κ3) is 3.82. The van der Waals surface area contributed by atoms with Gasteiger partial charge in [-0.2, -0.15) is 4.98 Å². The molecule has 0 aliphatic rings. The molecule has 110 valence electrons. The molecule has 1 aromatic carbocycles. The second-order valence-electron chi connectivity index (χ2n) is 4.57. The number of benzene rings is 1. The highest BCUT2D eigenvalue weighted by Crippen LogP contribution is 2.24. The normalized spacial score (nSPS) is 10.5. The molecule has 0 aliphatic heterocycles. The summed E-state index contributed by atoms with van der Waals surface area (Å²) in [7, 11) is 0. The molecule has 1 heterocycles. The van der Waals surface area contributed by atoms with Crippen LogP contribution in [-0.2, 0) is 4.74 Å². The van der Waals surface area contributed by atoms with Crippen molar-refractivity contribution in [3.05, 3.63) is 41.3 Å². The lowest BCUT2D eigenvalue weighted by atomic mass is 10.2. The molecule has 0 atom stereocenters. The molecule has 3 N–H and O–H groups in total. The maximum atomic E-state index is 12.0. The Kier molecular flexibility index (Phi) is 4.59. The van der Waals surface area contributed by atoms with Crippen LogP contribution in [0, 0.1) is 0 Å². The molecule has 2 aromatic rings. The van der Waals surface area contributed by atoms with E-state index in [-0.39, 0.29) is 22.8 Å². The first-order valence-corrected chi connectivity index (χ1v) is 6.70.